The van der Waals surface area contributed by atoms with Crippen molar-refractivity contribution in [1.29, 1.82) is 0 Å². The molecule has 0 saturated carbocycles. The molecule has 0 aliphatic heterocycles. The summed E-state index contributed by atoms with van der Waals surface area (Å²) < 4.78 is 24.4. The smallest absolute Gasteiger partial charge is 0.382 e. The van der Waals surface area contributed by atoms with Crippen molar-refractivity contribution in [2.75, 3.05) is 14.2 Å². The highest BCUT2D eigenvalue weighted by molar-refractivity contribution is 8.07. The first-order valence-electron chi connectivity index (χ1n) is 4.40. The van der Waals surface area contributed by atoms with E-state index in [9.17, 15) is 0 Å². The van der Waals surface area contributed by atoms with Gasteiger partial charge in [0.25, 0.3) is 5.19 Å². The number of hydrogen-bond donors (Lipinski definition) is 0. The molecule has 0 spiro atoms. The van der Waals surface area contributed by atoms with Gasteiger partial charge >= 0.3 is 12.7 Å². The first-order chi connectivity index (χ1) is 7.49. The molecule has 0 radical (unpaired) electrons. The van der Waals surface area contributed by atoms with E-state index >= 15 is 0 Å². The van der Waals surface area contributed by atoms with Gasteiger partial charge in [0.1, 0.15) is 0 Å². The van der Waals surface area contributed by atoms with Crippen LogP contribution in [0.2, 0.25) is 0 Å². The minimum Gasteiger partial charge on any atom is -0.466 e. The monoisotopic (exact) mass is 284 g/mol. The molecule has 9 heteroatoms. The highest BCUT2D eigenvalue weighted by Crippen LogP contribution is 2.47. The van der Waals surface area contributed by atoms with E-state index < -0.39 is 6.72 Å². The average Bonchev–Trinajstić information content (AvgIpc) is 2.64. The number of aromatic nitrogens is 2. The van der Waals surface area contributed by atoms with E-state index in [1.807, 2.05) is 13.8 Å². The van der Waals surface area contributed by atoms with Gasteiger partial charge in [0.05, 0.1) is 6.10 Å². The zero-order valence-corrected chi connectivity index (χ0v) is 11.9. The number of nitrogens with zero attached hydrogens (tertiary/aromatic N) is 2. The minimum absolute atomic E-state index is 0.0358. The first kappa shape index (κ1) is 13.8. The van der Waals surface area contributed by atoms with E-state index in [4.69, 9.17) is 30.1 Å². The van der Waals surface area contributed by atoms with E-state index in [0.717, 1.165) is 11.5 Å². The molecular weight excluding hydrogens is 271 g/mol. The Morgan fingerprint density at radius 2 is 1.94 bits per heavy atom. The maximum atomic E-state index is 5.34. The van der Waals surface area contributed by atoms with Crippen LogP contribution in [0.1, 0.15) is 13.8 Å². The van der Waals surface area contributed by atoms with Crippen LogP contribution in [0.25, 0.3) is 0 Å². The molecule has 16 heavy (non-hydrogen) atoms. The van der Waals surface area contributed by atoms with E-state index in [1.54, 1.807) is 0 Å². The lowest BCUT2D eigenvalue weighted by Crippen LogP contribution is -2.05. The van der Waals surface area contributed by atoms with Crippen molar-refractivity contribution < 1.29 is 18.3 Å². The summed E-state index contributed by atoms with van der Waals surface area (Å²) in [6, 6.07) is 0.118. The second-order valence-corrected chi connectivity index (χ2v) is 6.78. The zero-order chi connectivity index (χ0) is 12.2. The van der Waals surface area contributed by atoms with Crippen molar-refractivity contribution in [2.24, 2.45) is 0 Å². The molecule has 1 aromatic heterocycles. The molecule has 0 amide bonds. The van der Waals surface area contributed by atoms with Crippen LogP contribution >= 0.6 is 18.3 Å². The van der Waals surface area contributed by atoms with Gasteiger partial charge in [-0.2, -0.15) is 0 Å². The van der Waals surface area contributed by atoms with Crippen molar-refractivity contribution in [3.63, 3.8) is 0 Å². The largest absolute Gasteiger partial charge is 0.466 e. The Morgan fingerprint density at radius 1 is 1.31 bits per heavy atom. The van der Waals surface area contributed by atoms with Crippen molar-refractivity contribution in [2.45, 2.75) is 20.0 Å². The van der Waals surface area contributed by atoms with Crippen LogP contribution in [0.5, 0.6) is 11.2 Å². The lowest BCUT2D eigenvalue weighted by atomic mass is 10.5. The number of ether oxygens (including phenoxy) is 1. The van der Waals surface area contributed by atoms with Gasteiger partial charge in [-0.25, -0.2) is 0 Å². The second-order valence-electron chi connectivity index (χ2n) is 2.91. The van der Waals surface area contributed by atoms with E-state index in [2.05, 4.69) is 9.36 Å². The number of hydrogen-bond acceptors (Lipinski definition) is 8. The summed E-state index contributed by atoms with van der Waals surface area (Å²) in [6.07, 6.45) is 0.0358. The molecule has 0 aromatic carbocycles. The topological polar surface area (TPSA) is 62.7 Å². The molecule has 92 valence electrons. The molecule has 0 aliphatic rings. The molecule has 1 aromatic rings. The van der Waals surface area contributed by atoms with Gasteiger partial charge in [-0.1, -0.05) is 0 Å². The van der Waals surface area contributed by atoms with Crippen LogP contribution in [-0.2, 0) is 20.9 Å². The summed E-state index contributed by atoms with van der Waals surface area (Å²) in [5, 5.41) is 0.429. The van der Waals surface area contributed by atoms with Crippen LogP contribution in [0, 0.1) is 0 Å². The molecule has 0 atom stereocenters. The van der Waals surface area contributed by atoms with E-state index in [1.165, 1.54) is 14.2 Å². The van der Waals surface area contributed by atoms with Crippen LogP contribution in [0.3, 0.4) is 0 Å². The predicted octanol–water partition coefficient (Wildman–Crippen LogP) is 2.22. The van der Waals surface area contributed by atoms with Crippen molar-refractivity contribution >= 4 is 30.1 Å². The summed E-state index contributed by atoms with van der Waals surface area (Å²) in [5.74, 6) is 0. The van der Waals surface area contributed by atoms with Crippen molar-refractivity contribution in [3.8, 4) is 11.2 Å². The Bertz CT molecular complexity index is 376. The molecule has 1 rings (SSSR count). The fourth-order valence-corrected chi connectivity index (χ4v) is 2.16. The molecule has 1 heterocycles. The van der Waals surface area contributed by atoms with Gasteiger partial charge in [0, 0.05) is 37.6 Å². The van der Waals surface area contributed by atoms with Crippen LogP contribution in [0.4, 0.5) is 0 Å². The molecule has 0 bridgehead atoms. The molecule has 0 N–H and O–H groups in total. The van der Waals surface area contributed by atoms with Gasteiger partial charge in [0.2, 0.25) is 0 Å². The SMILES string of the molecule is COP(=S)(OC)Oc1nsc(OC(C)C)n1. The third kappa shape index (κ3) is 3.95. The maximum absolute atomic E-state index is 5.34. The van der Waals surface area contributed by atoms with Crippen molar-refractivity contribution in [1.82, 2.24) is 9.36 Å². The maximum Gasteiger partial charge on any atom is 0.382 e. The Kier molecular flexibility index (Phi) is 5.07. The minimum atomic E-state index is -2.76. The van der Waals surface area contributed by atoms with E-state index in [0.29, 0.717) is 5.19 Å². The number of rotatable bonds is 6. The van der Waals surface area contributed by atoms with Gasteiger partial charge in [-0.15, -0.1) is 9.36 Å². The second kappa shape index (κ2) is 5.88. The lowest BCUT2D eigenvalue weighted by molar-refractivity contribution is 0.237. The van der Waals surface area contributed by atoms with E-state index in [-0.39, 0.29) is 12.1 Å². The Labute approximate surface area is 103 Å². The Hall–Kier alpha value is -0.270. The first-order valence-corrected chi connectivity index (χ1v) is 7.73. The summed E-state index contributed by atoms with van der Waals surface area (Å²) in [6.45, 7) is 1.03. The van der Waals surface area contributed by atoms with Gasteiger partial charge in [-0.3, -0.25) is 0 Å². The third-order valence-corrected chi connectivity index (χ3v) is 4.36. The highest BCUT2D eigenvalue weighted by atomic mass is 32.5. The van der Waals surface area contributed by atoms with Gasteiger partial charge < -0.3 is 18.3 Å². The van der Waals surface area contributed by atoms with Crippen LogP contribution in [0.15, 0.2) is 0 Å². The fraction of sp³-hybridized carbons (Fsp3) is 0.714. The summed E-state index contributed by atoms with van der Waals surface area (Å²) in [5.41, 5.74) is 0. The average molecular weight is 284 g/mol. The van der Waals surface area contributed by atoms with Gasteiger partial charge in [-0.05, 0) is 13.8 Å². The standard InChI is InChI=1S/C7H13N2O4PS2/c1-5(2)12-7-8-6(9-16-7)13-14(15,10-3)11-4/h5H,1-4H3. The van der Waals surface area contributed by atoms with Gasteiger partial charge in [0.15, 0.2) is 0 Å². The summed E-state index contributed by atoms with van der Waals surface area (Å²) in [7, 11) is 2.84. The predicted molar refractivity (Wildman–Crippen MR) is 64.6 cm³/mol. The Balaban J connectivity index is 2.68. The third-order valence-electron chi connectivity index (χ3n) is 1.37. The van der Waals surface area contributed by atoms with Crippen LogP contribution < -0.4 is 9.26 Å². The molecule has 0 fully saturated rings. The quantitative estimate of drug-likeness (QED) is 0.742. The molecular formula is C7H13N2O4PS2. The fourth-order valence-electron chi connectivity index (χ4n) is 0.733. The zero-order valence-electron chi connectivity index (χ0n) is 9.37. The molecule has 0 unspecified atom stereocenters. The highest BCUT2D eigenvalue weighted by Gasteiger charge is 2.21. The molecule has 0 saturated heterocycles. The lowest BCUT2D eigenvalue weighted by Gasteiger charge is -2.14. The summed E-state index contributed by atoms with van der Waals surface area (Å²) in [4.78, 5) is 4.00. The Morgan fingerprint density at radius 3 is 2.44 bits per heavy atom. The molecule has 0 aliphatic carbocycles. The molecule has 6 nitrogen and oxygen atoms in total. The summed E-state index contributed by atoms with van der Waals surface area (Å²) >= 11 is 6.10. The normalized spacial score (nSPS) is 11.8. The van der Waals surface area contributed by atoms with Crippen molar-refractivity contribution in [3.05, 3.63) is 0 Å². The van der Waals surface area contributed by atoms with Crippen LogP contribution in [-0.4, -0.2) is 29.7 Å².